The number of halogens is 1. The zero-order valence-corrected chi connectivity index (χ0v) is 22.9. The van der Waals surface area contributed by atoms with E-state index in [1.54, 1.807) is 23.5 Å². The summed E-state index contributed by atoms with van der Waals surface area (Å²) in [7, 11) is 2.22. The number of rotatable bonds is 5. The summed E-state index contributed by atoms with van der Waals surface area (Å²) in [5, 5.41) is 12.9. The standard InChI is InChI=1S/C28H33BrN2O3S/c1-16(2)14-31(25(33)9-4-18-12-17(29)15-35-18)21-6-5-20-22-13-19-23(32)7-8-24-26(19)28(20,27(21)34-24)10-11-30(22)3/h4,7-9,12,15-16,20-22,27,32H,5-6,10-11,13-14H2,1-3H3/b9-4+/t20-,21+,22+,27-,28-/m0/s1. The van der Waals surface area contributed by atoms with Crippen molar-refractivity contribution in [2.24, 2.45) is 11.8 Å². The summed E-state index contributed by atoms with van der Waals surface area (Å²) in [6, 6.07) is 6.22. The van der Waals surface area contributed by atoms with E-state index in [1.807, 2.05) is 23.6 Å². The second-order valence-electron chi connectivity index (χ2n) is 11.2. The first kappa shape index (κ1) is 23.6. The number of phenols is 1. The summed E-state index contributed by atoms with van der Waals surface area (Å²) in [5.74, 6) is 2.24. The van der Waals surface area contributed by atoms with Gasteiger partial charge in [0.25, 0.3) is 0 Å². The Kier molecular flexibility index (Phi) is 5.81. The monoisotopic (exact) mass is 556 g/mol. The van der Waals surface area contributed by atoms with E-state index in [0.29, 0.717) is 30.2 Å². The summed E-state index contributed by atoms with van der Waals surface area (Å²) < 4.78 is 7.85. The average Bonchev–Trinajstić information content (AvgIpc) is 3.39. The first-order valence-electron chi connectivity index (χ1n) is 12.7. The molecule has 5 nitrogen and oxygen atoms in total. The number of carbonyl (C=O) groups is 1. The molecule has 35 heavy (non-hydrogen) atoms. The SMILES string of the molecule is CC(C)CN(C(=O)/C=C/c1cc(Br)cs1)[C@@H]1CC[C@H]2[C@H]3Cc4c(O)ccc5c4[C@@]2(CCN3C)[C@H]1O5. The van der Waals surface area contributed by atoms with Crippen LogP contribution < -0.4 is 4.74 Å². The van der Waals surface area contributed by atoms with E-state index < -0.39 is 0 Å². The van der Waals surface area contributed by atoms with Crippen LogP contribution in [-0.4, -0.2) is 59.1 Å². The van der Waals surface area contributed by atoms with Crippen molar-refractivity contribution in [3.05, 3.63) is 50.1 Å². The molecule has 1 saturated carbocycles. The number of carbonyl (C=O) groups excluding carboxylic acids is 1. The molecular weight excluding hydrogens is 524 g/mol. The lowest BCUT2D eigenvalue weighted by atomic mass is 9.51. The van der Waals surface area contributed by atoms with Crippen molar-refractivity contribution >= 4 is 39.2 Å². The highest BCUT2D eigenvalue weighted by atomic mass is 79.9. The zero-order valence-electron chi connectivity index (χ0n) is 20.5. The topological polar surface area (TPSA) is 53.0 Å². The second kappa shape index (κ2) is 8.63. The van der Waals surface area contributed by atoms with Gasteiger partial charge in [0, 0.05) is 49.9 Å². The molecule has 186 valence electrons. The van der Waals surface area contributed by atoms with Crippen LogP contribution in [0, 0.1) is 11.8 Å². The number of thiophene rings is 1. The van der Waals surface area contributed by atoms with Crippen LogP contribution in [0.2, 0.25) is 0 Å². The van der Waals surface area contributed by atoms with E-state index in [2.05, 4.69) is 46.6 Å². The van der Waals surface area contributed by atoms with Gasteiger partial charge >= 0.3 is 0 Å². The lowest BCUT2D eigenvalue weighted by molar-refractivity contribution is -0.138. The number of ether oxygens (including phenoxy) is 1. The first-order chi connectivity index (χ1) is 16.8. The van der Waals surface area contributed by atoms with Gasteiger partial charge in [0.05, 0.1) is 6.04 Å². The molecule has 1 aromatic heterocycles. The fraction of sp³-hybridized carbons (Fsp3) is 0.536. The summed E-state index contributed by atoms with van der Waals surface area (Å²) >= 11 is 5.13. The maximum atomic E-state index is 13.7. The molecule has 1 N–H and O–H groups in total. The molecule has 1 amide bonds. The number of piperidine rings is 1. The van der Waals surface area contributed by atoms with Gasteiger partial charge in [0.1, 0.15) is 17.6 Å². The minimum absolute atomic E-state index is 0.0189. The maximum absolute atomic E-state index is 13.7. The van der Waals surface area contributed by atoms with Crippen LogP contribution in [0.25, 0.3) is 6.08 Å². The number of benzene rings is 1. The summed E-state index contributed by atoms with van der Waals surface area (Å²) in [4.78, 5) is 19.3. The molecule has 2 aliphatic heterocycles. The van der Waals surface area contributed by atoms with E-state index in [0.717, 1.165) is 52.9 Å². The Morgan fingerprint density at radius 2 is 2.23 bits per heavy atom. The maximum Gasteiger partial charge on any atom is 0.246 e. The van der Waals surface area contributed by atoms with Crippen molar-refractivity contribution in [1.29, 1.82) is 0 Å². The van der Waals surface area contributed by atoms with Crippen molar-refractivity contribution in [3.63, 3.8) is 0 Å². The molecule has 0 unspecified atom stereocenters. The van der Waals surface area contributed by atoms with Gasteiger partial charge in [-0.25, -0.2) is 0 Å². The largest absolute Gasteiger partial charge is 0.508 e. The Hall–Kier alpha value is -1.83. The highest BCUT2D eigenvalue weighted by Crippen LogP contribution is 2.63. The lowest BCUT2D eigenvalue weighted by Gasteiger charge is -2.60. The predicted molar refractivity (Wildman–Crippen MR) is 143 cm³/mol. The molecule has 3 heterocycles. The minimum Gasteiger partial charge on any atom is -0.508 e. The van der Waals surface area contributed by atoms with E-state index >= 15 is 0 Å². The molecule has 1 spiro atoms. The Labute approximate surface area is 219 Å². The van der Waals surface area contributed by atoms with Gasteiger partial charge in [0.15, 0.2) is 0 Å². The van der Waals surface area contributed by atoms with Gasteiger partial charge in [-0.05, 0) is 91.3 Å². The third kappa shape index (κ3) is 3.60. The van der Waals surface area contributed by atoms with E-state index in [9.17, 15) is 9.90 Å². The van der Waals surface area contributed by atoms with Gasteiger partial charge in [-0.1, -0.05) is 13.8 Å². The van der Waals surface area contributed by atoms with Crippen LogP contribution in [0.15, 0.2) is 34.1 Å². The smallest absolute Gasteiger partial charge is 0.246 e. The number of nitrogens with zero attached hydrogens (tertiary/aromatic N) is 2. The quantitative estimate of drug-likeness (QED) is 0.497. The zero-order chi connectivity index (χ0) is 24.5. The van der Waals surface area contributed by atoms with Gasteiger partial charge in [-0.2, -0.15) is 0 Å². The predicted octanol–water partition coefficient (Wildman–Crippen LogP) is 5.45. The second-order valence-corrected chi connectivity index (χ2v) is 13.0. The molecule has 1 aromatic carbocycles. The van der Waals surface area contributed by atoms with Crippen LogP contribution in [0.3, 0.4) is 0 Å². The Morgan fingerprint density at radius 1 is 1.40 bits per heavy atom. The third-order valence-corrected chi connectivity index (χ3v) is 10.5. The van der Waals surface area contributed by atoms with Crippen LogP contribution in [0.5, 0.6) is 11.5 Å². The van der Waals surface area contributed by atoms with Crippen LogP contribution in [-0.2, 0) is 16.6 Å². The number of hydrogen-bond acceptors (Lipinski definition) is 5. The Bertz CT molecular complexity index is 1190. The molecule has 7 heteroatoms. The Balaban J connectivity index is 1.39. The van der Waals surface area contributed by atoms with E-state index in [1.165, 1.54) is 5.56 Å². The molecule has 5 atom stereocenters. The molecular formula is C28H33BrN2O3S. The van der Waals surface area contributed by atoms with Crippen LogP contribution in [0.4, 0.5) is 0 Å². The molecule has 1 saturated heterocycles. The van der Waals surface area contributed by atoms with Crippen molar-refractivity contribution < 1.29 is 14.6 Å². The van der Waals surface area contributed by atoms with Gasteiger partial charge in [0.2, 0.25) is 5.91 Å². The molecule has 2 aromatic rings. The number of likely N-dealkylation sites (N-methyl/N-ethyl adjacent to an activating group) is 1. The molecule has 2 bridgehead atoms. The van der Waals surface area contributed by atoms with E-state index in [4.69, 9.17) is 4.74 Å². The Morgan fingerprint density at radius 3 is 2.97 bits per heavy atom. The number of amides is 1. The van der Waals surface area contributed by atoms with Crippen molar-refractivity contribution in [2.75, 3.05) is 20.1 Å². The molecule has 2 aliphatic carbocycles. The summed E-state index contributed by atoms with van der Waals surface area (Å²) in [6.07, 6.45) is 7.53. The number of phenolic OH excluding ortho intramolecular Hbond substituents is 1. The van der Waals surface area contributed by atoms with E-state index in [-0.39, 0.29) is 23.5 Å². The third-order valence-electron chi connectivity index (χ3n) is 8.81. The lowest BCUT2D eigenvalue weighted by Crippen LogP contribution is -2.68. The molecule has 2 fully saturated rings. The molecule has 6 rings (SSSR count). The van der Waals surface area contributed by atoms with Crippen LogP contribution >= 0.6 is 27.3 Å². The molecule has 0 radical (unpaired) electrons. The first-order valence-corrected chi connectivity index (χ1v) is 14.4. The van der Waals surface area contributed by atoms with Gasteiger partial charge in [-0.15, -0.1) is 11.3 Å². The van der Waals surface area contributed by atoms with Crippen LogP contribution in [0.1, 0.15) is 49.1 Å². The average molecular weight is 558 g/mol. The highest BCUT2D eigenvalue weighted by molar-refractivity contribution is 9.10. The van der Waals surface area contributed by atoms with Gasteiger partial charge < -0.3 is 19.6 Å². The number of likely N-dealkylation sites (tertiary alicyclic amines) is 1. The molecule has 4 aliphatic rings. The number of hydrogen-bond donors (Lipinski definition) is 1. The number of aromatic hydroxyl groups is 1. The van der Waals surface area contributed by atoms with Crippen molar-refractivity contribution in [1.82, 2.24) is 9.80 Å². The van der Waals surface area contributed by atoms with Crippen molar-refractivity contribution in [2.45, 2.75) is 63.1 Å². The summed E-state index contributed by atoms with van der Waals surface area (Å²) in [6.45, 7) is 6.09. The summed E-state index contributed by atoms with van der Waals surface area (Å²) in [5.41, 5.74) is 2.19. The fourth-order valence-corrected chi connectivity index (χ4v) is 8.83. The van der Waals surface area contributed by atoms with Crippen molar-refractivity contribution in [3.8, 4) is 11.5 Å². The fourth-order valence-electron chi connectivity index (χ4n) is 7.49. The normalized spacial score (nSPS) is 31.0. The van der Waals surface area contributed by atoms with Gasteiger partial charge in [-0.3, -0.25) is 4.79 Å². The highest BCUT2D eigenvalue weighted by Gasteiger charge is 2.66. The minimum atomic E-state index is -0.125.